The second-order valence-corrected chi connectivity index (χ2v) is 30.6. The summed E-state index contributed by atoms with van der Waals surface area (Å²) in [6.07, 6.45) is 109. The van der Waals surface area contributed by atoms with E-state index in [0.717, 1.165) is 96.3 Å². The number of ether oxygens (including phenoxy) is 2. The van der Waals surface area contributed by atoms with E-state index in [1.54, 1.807) is 0 Å². The van der Waals surface area contributed by atoms with Crippen LogP contribution in [0, 0.1) is 0 Å². The molecular weight excluding hydrogens is 1220 g/mol. The molecule has 0 rings (SSSR count). The topological polar surface area (TPSA) is 108 Å². The highest BCUT2D eigenvalue weighted by Crippen LogP contribution is 2.43. The van der Waals surface area contributed by atoms with Gasteiger partial charge in [0.15, 0.2) is 6.10 Å². The van der Waals surface area contributed by atoms with E-state index in [1.165, 1.54) is 263 Å². The van der Waals surface area contributed by atoms with Crippen molar-refractivity contribution in [3.05, 3.63) is 97.2 Å². The number of carbonyl (C=O) groups excluding carboxylic acids is 2. The van der Waals surface area contributed by atoms with Gasteiger partial charge in [0.1, 0.15) is 19.8 Å². The molecule has 0 bridgehead atoms. The second-order valence-electron chi connectivity index (χ2n) is 29.1. The molecule has 564 valence electrons. The van der Waals surface area contributed by atoms with Gasteiger partial charge in [0, 0.05) is 12.8 Å². The molecule has 0 aromatic carbocycles. The van der Waals surface area contributed by atoms with Crippen molar-refractivity contribution in [1.82, 2.24) is 0 Å². The second kappa shape index (κ2) is 77.1. The molecule has 0 saturated carbocycles. The Morgan fingerprint density at radius 1 is 0.330 bits per heavy atom. The van der Waals surface area contributed by atoms with Gasteiger partial charge in [-0.15, -0.1) is 0 Å². The highest BCUT2D eigenvalue weighted by molar-refractivity contribution is 7.47. The highest BCUT2D eigenvalue weighted by Gasteiger charge is 2.27. The van der Waals surface area contributed by atoms with E-state index in [-0.39, 0.29) is 32.0 Å². The zero-order chi connectivity index (χ0) is 70.4. The van der Waals surface area contributed by atoms with Crippen LogP contribution >= 0.6 is 7.82 Å². The monoisotopic (exact) mass is 1380 g/mol. The Morgan fingerprint density at radius 2 is 0.588 bits per heavy atom. The molecule has 10 heteroatoms. The standard InChI is InChI=1S/C87H158NO8P/c1-6-8-10-12-14-16-18-20-22-24-26-28-30-32-34-36-38-40-41-42-43-44-45-46-48-49-51-53-55-57-59-61-63-65-67-69-71-73-75-77-79-86(89)93-83-85(84-95-97(91,92)94-82-81-88(3,4)5)96-87(90)80-78-76-74-72-70-68-66-64-62-60-58-56-54-52-50-47-39-37-35-33-31-29-27-25-23-21-19-17-15-13-11-9-7-2/h9,11,15,17,21,23,27,29,33,35,39,47,52,54,58,60,85H,6-8,10,12-14,16,18-20,22,24-26,28,30-32,34,36-38,40-46,48-51,53,55-57,59,61-84H2,1-5H3/p+1/b11-9-,17-15-,23-21-,29-27-,35-33-,47-39-,54-52-,60-58-. The van der Waals surface area contributed by atoms with Crippen molar-refractivity contribution in [1.29, 1.82) is 0 Å². The van der Waals surface area contributed by atoms with Gasteiger partial charge < -0.3 is 18.9 Å². The largest absolute Gasteiger partial charge is 0.472 e. The molecule has 0 aromatic rings. The van der Waals surface area contributed by atoms with Crippen LogP contribution in [0.5, 0.6) is 0 Å². The Morgan fingerprint density at radius 3 is 0.876 bits per heavy atom. The lowest BCUT2D eigenvalue weighted by atomic mass is 10.0. The van der Waals surface area contributed by atoms with Crippen LogP contribution in [-0.4, -0.2) is 74.9 Å². The van der Waals surface area contributed by atoms with E-state index in [4.69, 9.17) is 18.5 Å². The summed E-state index contributed by atoms with van der Waals surface area (Å²) in [4.78, 5) is 36.0. The van der Waals surface area contributed by atoms with Crippen LogP contribution in [0.2, 0.25) is 0 Å². The fourth-order valence-electron chi connectivity index (χ4n) is 12.1. The van der Waals surface area contributed by atoms with E-state index in [2.05, 4.69) is 111 Å². The third-order valence-electron chi connectivity index (χ3n) is 18.4. The van der Waals surface area contributed by atoms with Crippen molar-refractivity contribution < 1.29 is 42.1 Å². The Balaban J connectivity index is 3.94. The van der Waals surface area contributed by atoms with Gasteiger partial charge in [-0.25, -0.2) is 4.57 Å². The van der Waals surface area contributed by atoms with E-state index in [1.807, 2.05) is 21.1 Å². The first-order chi connectivity index (χ1) is 47.5. The number of phosphoric ester groups is 1. The molecule has 2 unspecified atom stereocenters. The maximum atomic E-state index is 12.9. The van der Waals surface area contributed by atoms with E-state index < -0.39 is 26.5 Å². The van der Waals surface area contributed by atoms with Gasteiger partial charge in [0.25, 0.3) is 0 Å². The van der Waals surface area contributed by atoms with Crippen LogP contribution in [0.4, 0.5) is 0 Å². The first-order valence-electron chi connectivity index (χ1n) is 41.5. The van der Waals surface area contributed by atoms with Gasteiger partial charge in [-0.1, -0.05) is 400 Å². The third kappa shape index (κ3) is 81.8. The number of rotatable bonds is 77. The zero-order valence-electron chi connectivity index (χ0n) is 64.6. The highest BCUT2D eigenvalue weighted by atomic mass is 31.2. The average molecular weight is 1380 g/mol. The van der Waals surface area contributed by atoms with Crippen molar-refractivity contribution in [2.75, 3.05) is 47.5 Å². The van der Waals surface area contributed by atoms with Gasteiger partial charge in [-0.3, -0.25) is 18.6 Å². The molecule has 0 aliphatic carbocycles. The molecular formula is C87H159NO8P+. The number of nitrogens with zero attached hydrogens (tertiary/aromatic N) is 1. The van der Waals surface area contributed by atoms with Gasteiger partial charge in [0.2, 0.25) is 0 Å². The first-order valence-corrected chi connectivity index (χ1v) is 43.0. The summed E-state index contributed by atoms with van der Waals surface area (Å²) >= 11 is 0. The molecule has 0 amide bonds. The number of hydrogen-bond acceptors (Lipinski definition) is 7. The number of phosphoric acid groups is 1. The molecule has 0 saturated heterocycles. The molecule has 0 aliphatic rings. The number of hydrogen-bond donors (Lipinski definition) is 1. The summed E-state index contributed by atoms with van der Waals surface area (Å²) in [5, 5.41) is 0. The summed E-state index contributed by atoms with van der Waals surface area (Å²) in [5.41, 5.74) is 0. The van der Waals surface area contributed by atoms with Crippen molar-refractivity contribution in [3.63, 3.8) is 0 Å². The summed E-state index contributed by atoms with van der Waals surface area (Å²) in [7, 11) is 1.48. The van der Waals surface area contributed by atoms with Gasteiger partial charge >= 0.3 is 19.8 Å². The van der Waals surface area contributed by atoms with Crippen LogP contribution < -0.4 is 0 Å². The lowest BCUT2D eigenvalue weighted by Crippen LogP contribution is -2.37. The fraction of sp³-hybridized carbons (Fsp3) is 0.793. The minimum atomic E-state index is -4.40. The minimum Gasteiger partial charge on any atom is -0.462 e. The molecule has 2 atom stereocenters. The molecule has 0 heterocycles. The van der Waals surface area contributed by atoms with Crippen molar-refractivity contribution in [2.45, 2.75) is 399 Å². The molecule has 0 spiro atoms. The minimum absolute atomic E-state index is 0.0274. The third-order valence-corrected chi connectivity index (χ3v) is 19.4. The van der Waals surface area contributed by atoms with Crippen LogP contribution in [0.25, 0.3) is 0 Å². The van der Waals surface area contributed by atoms with Gasteiger partial charge in [0.05, 0.1) is 27.7 Å². The van der Waals surface area contributed by atoms with Gasteiger partial charge in [-0.05, 0) is 77.0 Å². The number of allylic oxidation sites excluding steroid dienone is 16. The van der Waals surface area contributed by atoms with Crippen LogP contribution in [0.3, 0.4) is 0 Å². The molecule has 9 nitrogen and oxygen atoms in total. The lowest BCUT2D eigenvalue weighted by Gasteiger charge is -2.24. The number of carbonyl (C=O) groups is 2. The summed E-state index contributed by atoms with van der Waals surface area (Å²) in [6.45, 7) is 4.36. The normalized spacial score (nSPS) is 13.5. The molecule has 97 heavy (non-hydrogen) atoms. The maximum Gasteiger partial charge on any atom is 0.472 e. The SMILES string of the molecule is CC/C=C\C/C=C\C/C=C\C/C=C\C/C=C\C/C=C\C/C=C\C/C=C\CCCCCCCCCCC(=O)OC(COC(=O)CCCCCCCCCCCCCCCCCCCCCCCCCCCCCCCCCCCCCCCCCC)COP(=O)(O)OCC[N+](C)(C)C. The molecule has 0 aromatic heterocycles. The fourth-order valence-corrected chi connectivity index (χ4v) is 12.8. The van der Waals surface area contributed by atoms with Gasteiger partial charge in [-0.2, -0.15) is 0 Å². The first kappa shape index (κ1) is 93.9. The average Bonchev–Trinajstić information content (AvgIpc) is 1.58. The summed E-state index contributed by atoms with van der Waals surface area (Å²) in [6, 6.07) is 0. The molecule has 0 aliphatic heterocycles. The van der Waals surface area contributed by atoms with Crippen LogP contribution in [0.15, 0.2) is 97.2 Å². The Hall–Kier alpha value is -3.07. The number of esters is 2. The lowest BCUT2D eigenvalue weighted by molar-refractivity contribution is -0.870. The molecule has 0 fully saturated rings. The predicted octanol–water partition coefficient (Wildman–Crippen LogP) is 27.8. The number of quaternary nitrogens is 1. The van der Waals surface area contributed by atoms with Crippen molar-refractivity contribution >= 4 is 19.8 Å². The number of likely N-dealkylation sites (N-methyl/N-ethyl adjacent to an activating group) is 1. The van der Waals surface area contributed by atoms with E-state index >= 15 is 0 Å². The van der Waals surface area contributed by atoms with E-state index in [0.29, 0.717) is 17.4 Å². The maximum absolute atomic E-state index is 12.9. The number of unbranched alkanes of at least 4 members (excludes halogenated alkanes) is 47. The molecule has 0 radical (unpaired) electrons. The van der Waals surface area contributed by atoms with Crippen LogP contribution in [0.1, 0.15) is 393 Å². The predicted molar refractivity (Wildman–Crippen MR) is 422 cm³/mol. The van der Waals surface area contributed by atoms with Crippen molar-refractivity contribution in [2.24, 2.45) is 0 Å². The summed E-state index contributed by atoms with van der Waals surface area (Å²) < 4.78 is 34.8. The quantitative estimate of drug-likeness (QED) is 0.0211. The Kier molecular flexibility index (Phi) is 74.7. The summed E-state index contributed by atoms with van der Waals surface area (Å²) in [5.74, 6) is -0.795. The smallest absolute Gasteiger partial charge is 0.462 e. The van der Waals surface area contributed by atoms with E-state index in [9.17, 15) is 19.0 Å². The Bertz CT molecular complexity index is 1960. The van der Waals surface area contributed by atoms with Crippen molar-refractivity contribution in [3.8, 4) is 0 Å². The Labute approximate surface area is 602 Å². The molecule has 1 N–H and O–H groups in total. The van der Waals surface area contributed by atoms with Crippen LogP contribution in [-0.2, 0) is 32.7 Å². The zero-order valence-corrected chi connectivity index (χ0v) is 65.5.